The number of carbonyl (C=O) groups excluding carboxylic acids is 2. The summed E-state index contributed by atoms with van der Waals surface area (Å²) in [6.07, 6.45) is 2.50. The van der Waals surface area contributed by atoms with Gasteiger partial charge in [0.15, 0.2) is 0 Å². The first-order valence-corrected chi connectivity index (χ1v) is 12.4. The Morgan fingerprint density at radius 1 is 0.714 bits per heavy atom. The van der Waals surface area contributed by atoms with Gasteiger partial charge in [-0.3, -0.25) is 0 Å². The monoisotopic (exact) mass is 492 g/mol. The molecule has 4 nitrogen and oxygen atoms in total. The lowest BCUT2D eigenvalue weighted by Crippen LogP contribution is -2.34. The molecule has 0 N–H and O–H groups in total. The number of halogens is 1. The number of hydrogen-bond donors (Lipinski definition) is 0. The molecule has 3 rings (SSSR count). The summed E-state index contributed by atoms with van der Waals surface area (Å²) in [5, 5.41) is 0.156. The van der Waals surface area contributed by atoms with E-state index in [0.717, 1.165) is 11.1 Å². The van der Waals surface area contributed by atoms with Crippen LogP contribution in [0.4, 0.5) is 0 Å². The highest BCUT2D eigenvalue weighted by Gasteiger charge is 2.30. The lowest BCUT2D eigenvalue weighted by molar-refractivity contribution is -0.0126. The van der Waals surface area contributed by atoms with Crippen molar-refractivity contribution in [3.63, 3.8) is 0 Å². The Kier molecular flexibility index (Phi) is 8.74. The largest absolute Gasteiger partial charge is 0.455 e. The van der Waals surface area contributed by atoms with Crippen molar-refractivity contribution in [2.24, 2.45) is 0 Å². The number of hydrogen-bond acceptors (Lipinski definition) is 4. The summed E-state index contributed by atoms with van der Waals surface area (Å²) in [4.78, 5) is 25.9. The summed E-state index contributed by atoms with van der Waals surface area (Å²) in [7, 11) is 0. The molecule has 5 heteroatoms. The van der Waals surface area contributed by atoms with E-state index in [9.17, 15) is 9.59 Å². The summed E-state index contributed by atoms with van der Waals surface area (Å²) in [6.45, 7) is 7.80. The maximum atomic E-state index is 13.0. The van der Waals surface area contributed by atoms with Crippen LogP contribution < -0.4 is 0 Å². The Balaban J connectivity index is 1.71. The molecular formula is C30H33ClO4. The van der Waals surface area contributed by atoms with E-state index in [0.29, 0.717) is 31.2 Å². The Hall–Kier alpha value is -3.11. The average molecular weight is 493 g/mol. The minimum absolute atomic E-state index is 0.156. The van der Waals surface area contributed by atoms with Gasteiger partial charge < -0.3 is 9.47 Å². The van der Waals surface area contributed by atoms with Gasteiger partial charge in [-0.1, -0.05) is 86.1 Å². The van der Waals surface area contributed by atoms with Gasteiger partial charge in [0, 0.05) is 12.8 Å². The molecule has 0 fully saturated rings. The standard InChI is InChI=1S/C30H33ClO4/c1-5-29(3,20-22-13-9-7-10-14-22)34-27(32)24-17-18-25(26(31)19-24)28(33)35-30(4,6-2)21-23-15-11-8-12-16-23/h7-19H,5-6,20-21H2,1-4H3. The number of carbonyl (C=O) groups is 2. The van der Waals surface area contributed by atoms with Crippen LogP contribution in [0.5, 0.6) is 0 Å². The van der Waals surface area contributed by atoms with E-state index in [2.05, 4.69) is 0 Å². The molecule has 0 aliphatic rings. The van der Waals surface area contributed by atoms with Crippen LogP contribution in [0.15, 0.2) is 78.9 Å². The zero-order chi connectivity index (χ0) is 25.5. The van der Waals surface area contributed by atoms with Gasteiger partial charge in [-0.15, -0.1) is 0 Å². The first-order valence-electron chi connectivity index (χ1n) is 12.0. The molecule has 0 amide bonds. The minimum atomic E-state index is -0.681. The van der Waals surface area contributed by atoms with Gasteiger partial charge in [0.25, 0.3) is 0 Å². The highest BCUT2D eigenvalue weighted by Crippen LogP contribution is 2.28. The number of esters is 2. The van der Waals surface area contributed by atoms with Gasteiger partial charge in [0.2, 0.25) is 0 Å². The second kappa shape index (κ2) is 11.5. The number of ether oxygens (including phenoxy) is 2. The molecule has 0 saturated carbocycles. The van der Waals surface area contributed by atoms with Gasteiger partial charge in [-0.25, -0.2) is 9.59 Å². The molecule has 0 spiro atoms. The van der Waals surface area contributed by atoms with Crippen molar-refractivity contribution in [3.05, 3.63) is 106 Å². The summed E-state index contributed by atoms with van der Waals surface area (Å²) in [6, 6.07) is 24.4. The fraction of sp³-hybridized carbons (Fsp3) is 0.333. The van der Waals surface area contributed by atoms with E-state index in [4.69, 9.17) is 21.1 Å². The Labute approximate surface area is 213 Å². The smallest absolute Gasteiger partial charge is 0.340 e. The van der Waals surface area contributed by atoms with Gasteiger partial charge in [-0.2, -0.15) is 0 Å². The van der Waals surface area contributed by atoms with Gasteiger partial charge in [-0.05, 0) is 56.0 Å². The highest BCUT2D eigenvalue weighted by molar-refractivity contribution is 6.34. The van der Waals surface area contributed by atoms with Crippen molar-refractivity contribution < 1.29 is 19.1 Å². The van der Waals surface area contributed by atoms with E-state index < -0.39 is 23.1 Å². The van der Waals surface area contributed by atoms with Crippen molar-refractivity contribution in [1.82, 2.24) is 0 Å². The van der Waals surface area contributed by atoms with Crippen molar-refractivity contribution in [2.75, 3.05) is 0 Å². The molecule has 35 heavy (non-hydrogen) atoms. The summed E-state index contributed by atoms with van der Waals surface area (Å²) in [5.74, 6) is -0.993. The molecule has 3 aromatic rings. The van der Waals surface area contributed by atoms with Crippen LogP contribution in [0.25, 0.3) is 0 Å². The molecule has 0 heterocycles. The molecule has 3 aromatic carbocycles. The van der Waals surface area contributed by atoms with Crippen molar-refractivity contribution in [2.45, 2.75) is 64.6 Å². The maximum Gasteiger partial charge on any atom is 0.340 e. The lowest BCUT2D eigenvalue weighted by Gasteiger charge is -2.29. The van der Waals surface area contributed by atoms with E-state index in [1.807, 2.05) is 88.4 Å². The Bertz CT molecular complexity index is 1150. The van der Waals surface area contributed by atoms with Crippen LogP contribution in [0, 0.1) is 0 Å². The van der Waals surface area contributed by atoms with Crippen LogP contribution >= 0.6 is 11.6 Å². The van der Waals surface area contributed by atoms with Crippen LogP contribution in [0.3, 0.4) is 0 Å². The highest BCUT2D eigenvalue weighted by atomic mass is 35.5. The fourth-order valence-corrected chi connectivity index (χ4v) is 4.15. The van der Waals surface area contributed by atoms with E-state index >= 15 is 0 Å². The van der Waals surface area contributed by atoms with Crippen molar-refractivity contribution in [3.8, 4) is 0 Å². The molecule has 2 atom stereocenters. The zero-order valence-electron chi connectivity index (χ0n) is 20.8. The predicted molar refractivity (Wildman–Crippen MR) is 140 cm³/mol. The van der Waals surface area contributed by atoms with Crippen LogP contribution in [-0.2, 0) is 22.3 Å². The minimum Gasteiger partial charge on any atom is -0.455 e. The van der Waals surface area contributed by atoms with Crippen LogP contribution in [0.2, 0.25) is 5.02 Å². The quantitative estimate of drug-likeness (QED) is 0.275. The first-order chi connectivity index (χ1) is 16.7. The Morgan fingerprint density at radius 2 is 1.17 bits per heavy atom. The third kappa shape index (κ3) is 7.19. The normalized spacial score (nSPS) is 14.4. The lowest BCUT2D eigenvalue weighted by atomic mass is 9.93. The summed E-state index contributed by atoms with van der Waals surface area (Å²) >= 11 is 6.43. The number of rotatable bonds is 10. The topological polar surface area (TPSA) is 52.6 Å². The molecule has 0 saturated heterocycles. The van der Waals surface area contributed by atoms with Crippen LogP contribution in [-0.4, -0.2) is 23.1 Å². The first kappa shape index (κ1) is 26.5. The van der Waals surface area contributed by atoms with E-state index in [1.165, 1.54) is 12.1 Å². The predicted octanol–water partition coefficient (Wildman–Crippen LogP) is 7.48. The SMILES string of the molecule is CCC(C)(Cc1ccccc1)OC(=O)c1ccc(C(=O)OC(C)(CC)Cc2ccccc2)c(Cl)c1. The Morgan fingerprint density at radius 3 is 1.60 bits per heavy atom. The van der Waals surface area contributed by atoms with E-state index in [1.54, 1.807) is 6.07 Å². The molecule has 184 valence electrons. The van der Waals surface area contributed by atoms with Gasteiger partial charge in [0.05, 0.1) is 16.1 Å². The number of benzene rings is 3. The summed E-state index contributed by atoms with van der Waals surface area (Å²) in [5.41, 5.74) is 1.35. The van der Waals surface area contributed by atoms with E-state index in [-0.39, 0.29) is 10.6 Å². The molecule has 0 aliphatic carbocycles. The second-order valence-corrected chi connectivity index (χ2v) is 9.81. The van der Waals surface area contributed by atoms with Crippen molar-refractivity contribution >= 4 is 23.5 Å². The molecule has 0 aliphatic heterocycles. The molecule has 0 radical (unpaired) electrons. The molecular weight excluding hydrogens is 460 g/mol. The van der Waals surface area contributed by atoms with Crippen molar-refractivity contribution in [1.29, 1.82) is 0 Å². The second-order valence-electron chi connectivity index (χ2n) is 9.41. The van der Waals surface area contributed by atoms with Gasteiger partial charge in [0.1, 0.15) is 11.2 Å². The fourth-order valence-electron chi connectivity index (χ4n) is 3.89. The molecule has 0 aromatic heterocycles. The molecule has 2 unspecified atom stereocenters. The maximum absolute atomic E-state index is 13.0. The third-order valence-corrected chi connectivity index (χ3v) is 6.75. The third-order valence-electron chi connectivity index (χ3n) is 6.44. The summed E-state index contributed by atoms with van der Waals surface area (Å²) < 4.78 is 11.8. The average Bonchev–Trinajstić information content (AvgIpc) is 2.85. The molecule has 0 bridgehead atoms. The van der Waals surface area contributed by atoms with Gasteiger partial charge >= 0.3 is 11.9 Å². The zero-order valence-corrected chi connectivity index (χ0v) is 21.6. The van der Waals surface area contributed by atoms with Crippen LogP contribution in [0.1, 0.15) is 72.4 Å².